The van der Waals surface area contributed by atoms with E-state index in [-0.39, 0.29) is 30.4 Å². The van der Waals surface area contributed by atoms with Gasteiger partial charge in [-0.2, -0.15) is 0 Å². The minimum Gasteiger partial charge on any atom is -0.324 e. The molecule has 7 heteroatoms. The summed E-state index contributed by atoms with van der Waals surface area (Å²) >= 11 is 0. The first kappa shape index (κ1) is 19.3. The Bertz CT molecular complexity index is 743. The van der Waals surface area contributed by atoms with Gasteiger partial charge in [0.2, 0.25) is 5.91 Å². The van der Waals surface area contributed by atoms with Gasteiger partial charge >= 0.3 is 0 Å². The van der Waals surface area contributed by atoms with E-state index in [9.17, 15) is 18.0 Å². The molecule has 0 atom stereocenters. The topological polar surface area (TPSA) is 41.1 Å². The Balaban J connectivity index is 0.00000225. The second kappa shape index (κ2) is 8.36. The standard InChI is InChI=1S/C18H17F3N2O.ClH/c19-14-7-12(8-15(20)18(14)21)13-3-1-2-4-16(13)23-17(24)10-22-9-11-5-6-11;/h1-4,7-8,11,22H,5-6,9-10H2,(H,23,24);1H. The molecule has 1 aliphatic carbocycles. The summed E-state index contributed by atoms with van der Waals surface area (Å²) in [5, 5.41) is 5.79. The van der Waals surface area contributed by atoms with Gasteiger partial charge in [-0.15, -0.1) is 12.4 Å². The van der Waals surface area contributed by atoms with E-state index in [1.54, 1.807) is 24.3 Å². The van der Waals surface area contributed by atoms with E-state index in [0.29, 0.717) is 17.2 Å². The number of rotatable bonds is 6. The fraction of sp³-hybridized carbons (Fsp3) is 0.278. The first-order chi connectivity index (χ1) is 11.5. The predicted octanol–water partition coefficient (Wildman–Crippen LogP) is 4.13. The lowest BCUT2D eigenvalue weighted by Crippen LogP contribution is -2.29. The molecule has 1 aliphatic rings. The van der Waals surface area contributed by atoms with Crippen molar-refractivity contribution in [3.8, 4) is 11.1 Å². The Morgan fingerprint density at radius 2 is 1.72 bits per heavy atom. The van der Waals surface area contributed by atoms with Crippen LogP contribution in [-0.2, 0) is 4.79 Å². The molecule has 0 unspecified atom stereocenters. The minimum absolute atomic E-state index is 0. The molecule has 0 heterocycles. The fourth-order valence-electron chi connectivity index (χ4n) is 2.46. The van der Waals surface area contributed by atoms with E-state index >= 15 is 0 Å². The van der Waals surface area contributed by atoms with E-state index in [1.807, 2.05) is 0 Å². The molecule has 0 bridgehead atoms. The maximum absolute atomic E-state index is 13.5. The average molecular weight is 371 g/mol. The lowest BCUT2D eigenvalue weighted by atomic mass is 10.0. The SMILES string of the molecule is Cl.O=C(CNCC1CC1)Nc1ccccc1-c1cc(F)c(F)c(F)c1. The van der Waals surface area contributed by atoms with Crippen LogP contribution in [0.1, 0.15) is 12.8 Å². The summed E-state index contributed by atoms with van der Waals surface area (Å²) in [5.74, 6) is -3.62. The van der Waals surface area contributed by atoms with E-state index in [2.05, 4.69) is 10.6 Å². The lowest BCUT2D eigenvalue weighted by molar-refractivity contribution is -0.115. The van der Waals surface area contributed by atoms with Crippen molar-refractivity contribution >= 4 is 24.0 Å². The molecule has 2 N–H and O–H groups in total. The summed E-state index contributed by atoms with van der Waals surface area (Å²) in [4.78, 5) is 12.0. The summed E-state index contributed by atoms with van der Waals surface area (Å²) in [6.07, 6.45) is 2.39. The number of benzene rings is 2. The number of amides is 1. The van der Waals surface area contributed by atoms with Crippen LogP contribution in [0.3, 0.4) is 0 Å². The molecule has 0 radical (unpaired) electrons. The monoisotopic (exact) mass is 370 g/mol. The van der Waals surface area contributed by atoms with Gasteiger partial charge in [0, 0.05) is 11.3 Å². The highest BCUT2D eigenvalue weighted by Crippen LogP contribution is 2.30. The van der Waals surface area contributed by atoms with Gasteiger partial charge in [-0.05, 0) is 49.1 Å². The van der Waals surface area contributed by atoms with Gasteiger partial charge < -0.3 is 10.6 Å². The van der Waals surface area contributed by atoms with Crippen molar-refractivity contribution < 1.29 is 18.0 Å². The zero-order chi connectivity index (χ0) is 17.1. The first-order valence-corrected chi connectivity index (χ1v) is 7.79. The average Bonchev–Trinajstić information content (AvgIpc) is 3.37. The highest BCUT2D eigenvalue weighted by atomic mass is 35.5. The molecule has 0 saturated heterocycles. The molecule has 0 aliphatic heterocycles. The Morgan fingerprint density at radius 1 is 1.08 bits per heavy atom. The minimum atomic E-state index is -1.51. The molecule has 0 aromatic heterocycles. The van der Waals surface area contributed by atoms with Crippen molar-refractivity contribution in [3.63, 3.8) is 0 Å². The molecule has 25 heavy (non-hydrogen) atoms. The van der Waals surface area contributed by atoms with Crippen molar-refractivity contribution in [2.75, 3.05) is 18.4 Å². The van der Waals surface area contributed by atoms with Crippen molar-refractivity contribution in [1.82, 2.24) is 5.32 Å². The summed E-state index contributed by atoms with van der Waals surface area (Å²) in [7, 11) is 0. The van der Waals surface area contributed by atoms with E-state index < -0.39 is 17.5 Å². The Kier molecular flexibility index (Phi) is 6.45. The first-order valence-electron chi connectivity index (χ1n) is 7.79. The molecule has 3 rings (SSSR count). The lowest BCUT2D eigenvalue weighted by Gasteiger charge is -2.12. The van der Waals surface area contributed by atoms with Gasteiger partial charge in [0.1, 0.15) is 0 Å². The van der Waals surface area contributed by atoms with Crippen molar-refractivity contribution in [2.45, 2.75) is 12.8 Å². The van der Waals surface area contributed by atoms with Crippen molar-refractivity contribution in [1.29, 1.82) is 0 Å². The van der Waals surface area contributed by atoms with Gasteiger partial charge in [0.15, 0.2) is 17.5 Å². The Hall–Kier alpha value is -2.05. The van der Waals surface area contributed by atoms with Crippen LogP contribution in [0.5, 0.6) is 0 Å². The van der Waals surface area contributed by atoms with Crippen molar-refractivity contribution in [2.24, 2.45) is 5.92 Å². The molecule has 0 spiro atoms. The van der Waals surface area contributed by atoms with E-state index in [1.165, 1.54) is 12.8 Å². The number of halogens is 4. The molecule has 134 valence electrons. The number of para-hydroxylation sites is 1. The van der Waals surface area contributed by atoms with Gasteiger partial charge in [-0.25, -0.2) is 13.2 Å². The number of carbonyl (C=O) groups is 1. The van der Waals surface area contributed by atoms with Gasteiger partial charge in [0.05, 0.1) is 6.54 Å². The fourth-order valence-corrected chi connectivity index (χ4v) is 2.46. The third-order valence-electron chi connectivity index (χ3n) is 3.91. The van der Waals surface area contributed by atoms with Gasteiger partial charge in [-0.3, -0.25) is 4.79 Å². The largest absolute Gasteiger partial charge is 0.324 e. The van der Waals surface area contributed by atoms with E-state index in [4.69, 9.17) is 0 Å². The highest BCUT2D eigenvalue weighted by molar-refractivity contribution is 5.96. The zero-order valence-electron chi connectivity index (χ0n) is 13.3. The van der Waals surface area contributed by atoms with Crippen molar-refractivity contribution in [3.05, 3.63) is 53.8 Å². The number of hydrogen-bond acceptors (Lipinski definition) is 2. The van der Waals surface area contributed by atoms with E-state index in [0.717, 1.165) is 18.7 Å². The van der Waals surface area contributed by atoms with Crippen LogP contribution < -0.4 is 10.6 Å². The van der Waals surface area contributed by atoms with Crippen LogP contribution in [-0.4, -0.2) is 19.0 Å². The second-order valence-electron chi connectivity index (χ2n) is 5.92. The Morgan fingerprint density at radius 3 is 2.36 bits per heavy atom. The molecule has 1 saturated carbocycles. The molecule has 2 aromatic carbocycles. The van der Waals surface area contributed by atoms with Crippen LogP contribution in [0.2, 0.25) is 0 Å². The molecule has 3 nitrogen and oxygen atoms in total. The normalized spacial score (nSPS) is 13.2. The summed E-state index contributed by atoms with van der Waals surface area (Å²) in [5.41, 5.74) is 1.00. The predicted molar refractivity (Wildman–Crippen MR) is 93.2 cm³/mol. The second-order valence-corrected chi connectivity index (χ2v) is 5.92. The van der Waals surface area contributed by atoms with Gasteiger partial charge in [0.25, 0.3) is 0 Å². The molecule has 1 fully saturated rings. The highest BCUT2D eigenvalue weighted by Gasteiger charge is 2.20. The quantitative estimate of drug-likeness (QED) is 0.751. The summed E-state index contributed by atoms with van der Waals surface area (Å²) in [6, 6.07) is 8.44. The number of anilines is 1. The van der Waals surface area contributed by atoms with Crippen LogP contribution in [0.25, 0.3) is 11.1 Å². The number of carbonyl (C=O) groups excluding carboxylic acids is 1. The maximum Gasteiger partial charge on any atom is 0.238 e. The van der Waals surface area contributed by atoms with Gasteiger partial charge in [-0.1, -0.05) is 18.2 Å². The summed E-state index contributed by atoms with van der Waals surface area (Å²) in [6.45, 7) is 0.973. The smallest absolute Gasteiger partial charge is 0.238 e. The number of nitrogens with one attached hydrogen (secondary N) is 2. The third kappa shape index (κ3) is 4.96. The zero-order valence-corrected chi connectivity index (χ0v) is 14.1. The molecular formula is C18H18ClF3N2O. The Labute approximate surface area is 150 Å². The van der Waals surface area contributed by atoms with Crippen LogP contribution in [0, 0.1) is 23.4 Å². The van der Waals surface area contributed by atoms with Crippen LogP contribution in [0.4, 0.5) is 18.9 Å². The number of hydrogen-bond donors (Lipinski definition) is 2. The molecule has 2 aromatic rings. The molecular weight excluding hydrogens is 353 g/mol. The van der Waals surface area contributed by atoms with Crippen LogP contribution >= 0.6 is 12.4 Å². The third-order valence-corrected chi connectivity index (χ3v) is 3.91. The molecule has 1 amide bonds. The summed E-state index contributed by atoms with van der Waals surface area (Å²) < 4.78 is 40.0. The maximum atomic E-state index is 13.5. The van der Waals surface area contributed by atoms with Crippen LogP contribution in [0.15, 0.2) is 36.4 Å².